The zero-order chi connectivity index (χ0) is 11.9. The normalized spacial score (nSPS) is 12.7. The minimum Gasteiger partial charge on any atom is -0.414 e. The molecule has 0 N–H and O–H groups in total. The first kappa shape index (κ1) is 15.6. The summed E-state index contributed by atoms with van der Waals surface area (Å²) in [5, 5.41) is 0. The average Bonchev–Trinajstić information content (AvgIpc) is 2.13. The van der Waals surface area contributed by atoms with E-state index in [0.717, 1.165) is 13.2 Å². The summed E-state index contributed by atoms with van der Waals surface area (Å²) >= 11 is 1.21. The Kier molecular flexibility index (Phi) is 8.16. The van der Waals surface area contributed by atoms with Gasteiger partial charge in [0, 0.05) is 13.7 Å². The van der Waals surface area contributed by atoms with Gasteiger partial charge in [0.1, 0.15) is 0 Å². The lowest BCUT2D eigenvalue weighted by atomic mass is 10.4. The predicted molar refractivity (Wildman–Crippen MR) is 72.6 cm³/mol. The molecule has 0 fully saturated rings. The Morgan fingerprint density at radius 1 is 1.13 bits per heavy atom. The summed E-state index contributed by atoms with van der Waals surface area (Å²) in [4.78, 5) is 2.35. The molecule has 3 nitrogen and oxygen atoms in total. The maximum absolute atomic E-state index is 5.06. The summed E-state index contributed by atoms with van der Waals surface area (Å²) in [5.41, 5.74) is 0. The third-order valence-electron chi connectivity index (χ3n) is 2.86. The first-order valence-corrected chi connectivity index (χ1v) is 10.1. The van der Waals surface area contributed by atoms with Crippen LogP contribution in [0.25, 0.3) is 0 Å². The van der Waals surface area contributed by atoms with E-state index in [1.165, 1.54) is 36.0 Å². The Morgan fingerprint density at radius 2 is 1.73 bits per heavy atom. The van der Waals surface area contributed by atoms with Crippen molar-refractivity contribution in [1.29, 1.82) is 0 Å². The zero-order valence-corrected chi connectivity index (χ0v) is 14.3. The van der Waals surface area contributed by atoms with Crippen LogP contribution in [-0.2, 0) is 4.74 Å². The highest BCUT2D eigenvalue weighted by atomic mass is 28.3. The topological polar surface area (TPSA) is 15.7 Å². The number of methoxy groups -OCH3 is 1. The fraction of sp³-hybridized carbons (Fsp3) is 1.00. The third-order valence-corrected chi connectivity index (χ3v) is 9.84. The molecule has 0 atom stereocenters. The number of rotatable bonds is 8. The molecule has 0 heterocycles. The molecular formula is C10H27AlN2OSi. The number of likely N-dealkylation sites (N-methyl/N-ethyl adjacent to an activating group) is 1. The van der Waals surface area contributed by atoms with Crippen LogP contribution in [0.4, 0.5) is 0 Å². The number of hydrogen-bond acceptors (Lipinski definition) is 3. The lowest BCUT2D eigenvalue weighted by molar-refractivity contribution is 0.160. The fourth-order valence-corrected chi connectivity index (χ4v) is 2.42. The summed E-state index contributed by atoms with van der Waals surface area (Å²) < 4.78 is 7.73. The molecule has 0 radical (unpaired) electrons. The van der Waals surface area contributed by atoms with E-state index in [-0.39, 0.29) is 0 Å². The molecule has 0 saturated heterocycles. The summed E-state index contributed by atoms with van der Waals surface area (Å²) in [7, 11) is 2.93. The Morgan fingerprint density at radius 3 is 2.20 bits per heavy atom. The van der Waals surface area contributed by atoms with E-state index in [1.54, 1.807) is 7.11 Å². The van der Waals surface area contributed by atoms with E-state index in [1.807, 2.05) is 0 Å². The van der Waals surface area contributed by atoms with Crippen LogP contribution >= 0.6 is 0 Å². The van der Waals surface area contributed by atoms with Gasteiger partial charge in [-0.3, -0.25) is 0 Å². The van der Waals surface area contributed by atoms with Crippen LogP contribution in [0.3, 0.4) is 0 Å². The minimum atomic E-state index is -1.01. The fourth-order valence-electron chi connectivity index (χ4n) is 1.27. The molecule has 0 aliphatic rings. The largest absolute Gasteiger partial charge is 0.414 e. The molecule has 0 aliphatic carbocycles. The van der Waals surface area contributed by atoms with Gasteiger partial charge in [0.05, 0.1) is 14.8 Å². The van der Waals surface area contributed by atoms with Gasteiger partial charge in [-0.05, 0) is 26.6 Å². The van der Waals surface area contributed by atoms with Gasteiger partial charge in [0.2, 0.25) is 0 Å². The van der Waals surface area contributed by atoms with E-state index in [0.29, 0.717) is 0 Å². The Bertz CT molecular complexity index is 164. The second kappa shape index (κ2) is 7.83. The number of ether oxygens (including phenoxy) is 1. The van der Waals surface area contributed by atoms with Crippen molar-refractivity contribution in [2.75, 3.05) is 40.4 Å². The van der Waals surface area contributed by atoms with E-state index < -0.39 is 8.24 Å². The van der Waals surface area contributed by atoms with Crippen molar-refractivity contribution in [3.05, 3.63) is 0 Å². The summed E-state index contributed by atoms with van der Waals surface area (Å²) in [6.07, 6.45) is 1.29. The second-order valence-corrected chi connectivity index (χ2v) is 12.3. The molecule has 0 aromatic heterocycles. The Balaban J connectivity index is 3.52. The molecule has 0 aromatic rings. The van der Waals surface area contributed by atoms with Gasteiger partial charge >= 0.3 is 16.5 Å². The second-order valence-electron chi connectivity index (χ2n) is 5.24. The molecule has 0 rings (SSSR count). The first-order valence-electron chi connectivity index (χ1n) is 5.76. The first-order chi connectivity index (χ1) is 6.88. The van der Waals surface area contributed by atoms with Crippen LogP contribution in [-0.4, -0.2) is 73.6 Å². The molecule has 0 unspecified atom stereocenters. The lowest BCUT2D eigenvalue weighted by Gasteiger charge is -2.32. The van der Waals surface area contributed by atoms with E-state index in [9.17, 15) is 0 Å². The highest BCUT2D eigenvalue weighted by Crippen LogP contribution is 2.05. The van der Waals surface area contributed by atoms with Crippen LogP contribution in [0.15, 0.2) is 0 Å². The van der Waals surface area contributed by atoms with Crippen molar-refractivity contribution < 1.29 is 4.74 Å². The molecule has 90 valence electrons. The lowest BCUT2D eigenvalue weighted by Crippen LogP contribution is -2.45. The average molecular weight is 246 g/mol. The van der Waals surface area contributed by atoms with Crippen LogP contribution in [0.5, 0.6) is 0 Å². The smallest absolute Gasteiger partial charge is 0.314 e. The van der Waals surface area contributed by atoms with E-state index >= 15 is 0 Å². The molecule has 0 saturated carbocycles. The maximum atomic E-state index is 5.06. The van der Waals surface area contributed by atoms with Gasteiger partial charge in [-0.1, -0.05) is 19.6 Å². The van der Waals surface area contributed by atoms with Crippen molar-refractivity contribution >= 4 is 24.7 Å². The molecule has 0 aromatic carbocycles. The predicted octanol–water partition coefficient (Wildman–Crippen LogP) is 0.640. The van der Waals surface area contributed by atoms with Gasteiger partial charge in [0.25, 0.3) is 0 Å². The van der Waals surface area contributed by atoms with Crippen LogP contribution in [0.2, 0.25) is 19.6 Å². The van der Waals surface area contributed by atoms with Gasteiger partial charge in [-0.25, -0.2) is 0 Å². The molecule has 15 heavy (non-hydrogen) atoms. The van der Waals surface area contributed by atoms with Crippen LogP contribution in [0, 0.1) is 0 Å². The van der Waals surface area contributed by atoms with Gasteiger partial charge in [-0.2, -0.15) is 0 Å². The molecule has 0 aliphatic heterocycles. The Hall–Kier alpha value is 0.629. The maximum Gasteiger partial charge on any atom is 0.314 e. The van der Waals surface area contributed by atoms with Crippen LogP contribution in [0.1, 0.15) is 6.42 Å². The quantitative estimate of drug-likeness (QED) is 0.585. The third kappa shape index (κ3) is 8.44. The van der Waals surface area contributed by atoms with Crippen molar-refractivity contribution in [1.82, 2.24) is 8.45 Å². The molecule has 5 heteroatoms. The molecule has 0 amide bonds. The van der Waals surface area contributed by atoms with Gasteiger partial charge < -0.3 is 13.2 Å². The minimum absolute atomic E-state index is 0.842. The highest BCUT2D eigenvalue weighted by molar-refractivity contribution is 6.77. The summed E-state index contributed by atoms with van der Waals surface area (Å²) in [5.74, 6) is 0. The standard InChI is InChI=1S/C10H25N2OSi.Al.2H/c1-12(9-10-13-2)8-6-7-11-14(3,4)5;;;/h6-10H2,1-5H3;;;/q-1;+1;;. The number of nitrogens with zero attached hydrogens (tertiary/aromatic N) is 2. The monoisotopic (exact) mass is 246 g/mol. The van der Waals surface area contributed by atoms with Crippen molar-refractivity contribution in [3.8, 4) is 0 Å². The Labute approximate surface area is 104 Å². The van der Waals surface area contributed by atoms with Crippen molar-refractivity contribution in [3.63, 3.8) is 0 Å². The molecular weight excluding hydrogens is 219 g/mol. The van der Waals surface area contributed by atoms with E-state index in [2.05, 4.69) is 35.1 Å². The molecule has 0 spiro atoms. The van der Waals surface area contributed by atoms with E-state index in [4.69, 9.17) is 4.74 Å². The summed E-state index contributed by atoms with van der Waals surface area (Å²) in [6, 6.07) is 0. The van der Waals surface area contributed by atoms with Gasteiger partial charge in [0.15, 0.2) is 0 Å². The van der Waals surface area contributed by atoms with Crippen molar-refractivity contribution in [2.24, 2.45) is 0 Å². The SMILES string of the molecule is COCCN(C)CCC[N]([AlH2])[Si](C)(C)C. The van der Waals surface area contributed by atoms with Crippen molar-refractivity contribution in [2.45, 2.75) is 26.1 Å². The molecule has 0 bridgehead atoms. The summed E-state index contributed by atoms with van der Waals surface area (Å²) in [6.45, 7) is 11.6. The van der Waals surface area contributed by atoms with Crippen LogP contribution < -0.4 is 0 Å². The zero-order valence-electron chi connectivity index (χ0n) is 11.3. The van der Waals surface area contributed by atoms with Gasteiger partial charge in [-0.15, -0.1) is 0 Å². The number of hydrogen-bond donors (Lipinski definition) is 0. The highest BCUT2D eigenvalue weighted by Gasteiger charge is 2.17.